The van der Waals surface area contributed by atoms with Gasteiger partial charge in [-0.3, -0.25) is 4.79 Å². The highest BCUT2D eigenvalue weighted by Crippen LogP contribution is 2.71. The quantitative estimate of drug-likeness (QED) is 0.193. The zero-order valence-electron chi connectivity index (χ0n) is 33.3. The van der Waals surface area contributed by atoms with Crippen molar-refractivity contribution >= 4 is 22.5 Å². The van der Waals surface area contributed by atoms with E-state index in [0.717, 1.165) is 19.3 Å². The molecule has 12 atom stereocenters. The van der Waals surface area contributed by atoms with Crippen molar-refractivity contribution in [3.63, 3.8) is 0 Å². The second-order valence-corrected chi connectivity index (χ2v) is 19.2. The summed E-state index contributed by atoms with van der Waals surface area (Å²) in [6, 6.07) is 4.18. The lowest BCUT2D eigenvalue weighted by Crippen LogP contribution is -2.71. The molecule has 0 aromatic heterocycles. The lowest BCUT2D eigenvalue weighted by Gasteiger charge is -2.64. The van der Waals surface area contributed by atoms with Gasteiger partial charge in [0, 0.05) is 18.6 Å². The highest BCUT2D eigenvalue weighted by molar-refractivity contribution is 6.08. The van der Waals surface area contributed by atoms with Gasteiger partial charge in [-0.15, -0.1) is 0 Å². The van der Waals surface area contributed by atoms with E-state index >= 15 is 0 Å². The van der Waals surface area contributed by atoms with Gasteiger partial charge in [0.2, 0.25) is 6.29 Å². The van der Waals surface area contributed by atoms with Gasteiger partial charge in [-0.05, 0) is 147 Å². The molecule has 10 rings (SSSR count). The minimum atomic E-state index is -1.70. The van der Waals surface area contributed by atoms with Crippen LogP contribution in [0.1, 0.15) is 110 Å². The van der Waals surface area contributed by atoms with Gasteiger partial charge in [0.25, 0.3) is 0 Å². The van der Waals surface area contributed by atoms with Gasteiger partial charge in [0.15, 0.2) is 5.78 Å². The van der Waals surface area contributed by atoms with E-state index in [-0.39, 0.29) is 51.5 Å². The molecule has 2 spiro atoms. The molecule has 3 saturated heterocycles. The predicted molar refractivity (Wildman–Crippen MR) is 209 cm³/mol. The van der Waals surface area contributed by atoms with Crippen molar-refractivity contribution in [2.24, 2.45) is 34.5 Å². The fourth-order valence-corrected chi connectivity index (χ4v) is 14.2. The second-order valence-electron chi connectivity index (χ2n) is 19.2. The van der Waals surface area contributed by atoms with E-state index in [4.69, 9.17) is 18.9 Å². The van der Waals surface area contributed by atoms with E-state index in [9.17, 15) is 40.2 Å². The molecule has 58 heavy (non-hydrogen) atoms. The van der Waals surface area contributed by atoms with E-state index in [2.05, 4.69) is 6.08 Å². The largest absolute Gasteiger partial charge is 0.506 e. The number of Topliss-reactive ketones (excluding diaryl/α,β-unsaturated/α-hetero) is 1. The Morgan fingerprint density at radius 2 is 1.83 bits per heavy atom. The van der Waals surface area contributed by atoms with Crippen LogP contribution in [0.15, 0.2) is 41.0 Å². The number of phenolic OH excluding ortho intramolecular Hbond substituents is 1. The summed E-state index contributed by atoms with van der Waals surface area (Å²) >= 11 is 0. The maximum absolute atomic E-state index is 12.6. The average molecular weight is 801 g/mol. The molecule has 312 valence electrons. The first-order valence-corrected chi connectivity index (χ1v) is 21.5. The fraction of sp³-hybridized carbons (Fsp3) is 0.652. The number of hydrogen-bond acceptors (Lipinski definition) is 11. The van der Waals surface area contributed by atoms with E-state index in [1.165, 1.54) is 61.5 Å². The highest BCUT2D eigenvalue weighted by atomic mass is 16.7. The first-order chi connectivity index (χ1) is 27.8. The molecule has 12 unspecified atom stereocenters. The zero-order chi connectivity index (χ0) is 40.5. The predicted octanol–water partition coefficient (Wildman–Crippen LogP) is 5.51. The highest BCUT2D eigenvalue weighted by Gasteiger charge is 2.69. The van der Waals surface area contributed by atoms with Gasteiger partial charge in [-0.1, -0.05) is 25.0 Å². The van der Waals surface area contributed by atoms with Gasteiger partial charge < -0.3 is 49.6 Å². The summed E-state index contributed by atoms with van der Waals surface area (Å²) in [5.74, 6) is -1.31. The molecule has 0 radical (unpaired) electrons. The molecular weight excluding hydrogens is 744 g/mol. The summed E-state index contributed by atoms with van der Waals surface area (Å²) in [7, 11) is 0. The summed E-state index contributed by atoms with van der Waals surface area (Å²) < 4.78 is 26.7. The molecule has 4 heterocycles. The summed E-state index contributed by atoms with van der Waals surface area (Å²) in [6.45, 7) is 4.42. The summed E-state index contributed by atoms with van der Waals surface area (Å²) in [5, 5.41) is 68.8. The van der Waals surface area contributed by atoms with Crippen LogP contribution in [0.5, 0.6) is 11.5 Å². The summed E-state index contributed by atoms with van der Waals surface area (Å²) in [6.07, 6.45) is 5.19. The third kappa shape index (κ3) is 5.51. The lowest BCUT2D eigenvalue weighted by atomic mass is 9.42. The monoisotopic (exact) mass is 800 g/mol. The Morgan fingerprint density at radius 1 is 1.03 bits per heavy atom. The zero-order valence-corrected chi connectivity index (χ0v) is 33.3. The van der Waals surface area contributed by atoms with Gasteiger partial charge >= 0.3 is 5.97 Å². The van der Waals surface area contributed by atoms with Crippen LogP contribution in [0.3, 0.4) is 0 Å². The van der Waals surface area contributed by atoms with Crippen LogP contribution in [0.4, 0.5) is 0 Å². The number of carboxylic acids is 1. The number of aromatic hydroxyl groups is 1. The SMILES string of the molecule is CC(=O)c1c(C)cc2cc(C(=O)O)cc(OC3OC4C(O)CCC5OC4(CC4C6=C5CC=C6C5(CCCO)COCC6CC7(CCCC7)CC4C65)C(O)C3O)c2c1O. The number of carboxylic acid groups (broad SMARTS) is 1. The van der Waals surface area contributed by atoms with Crippen LogP contribution >= 0.6 is 0 Å². The number of carbonyl (C=O) groups excluding carboxylic acids is 1. The Morgan fingerprint density at radius 3 is 2.57 bits per heavy atom. The Labute approximate surface area is 337 Å². The molecule has 3 saturated carbocycles. The number of rotatable bonds is 7. The molecule has 4 aliphatic heterocycles. The first-order valence-electron chi connectivity index (χ1n) is 21.5. The van der Waals surface area contributed by atoms with Crippen LogP contribution in [0.25, 0.3) is 10.8 Å². The summed E-state index contributed by atoms with van der Waals surface area (Å²) in [5.41, 5.74) is 2.63. The molecule has 0 amide bonds. The van der Waals surface area contributed by atoms with Crippen molar-refractivity contribution < 1.29 is 59.2 Å². The second kappa shape index (κ2) is 13.8. The van der Waals surface area contributed by atoms with Crippen molar-refractivity contribution in [1.29, 1.82) is 0 Å². The summed E-state index contributed by atoms with van der Waals surface area (Å²) in [4.78, 5) is 24.9. The molecule has 6 fully saturated rings. The van der Waals surface area contributed by atoms with E-state index in [1.807, 2.05) is 0 Å². The minimum Gasteiger partial charge on any atom is -0.506 e. The van der Waals surface area contributed by atoms with Crippen LogP contribution in [0.2, 0.25) is 0 Å². The van der Waals surface area contributed by atoms with Crippen LogP contribution in [-0.2, 0) is 14.2 Å². The number of hydrogen-bond donors (Lipinski definition) is 6. The molecule has 2 aromatic carbocycles. The molecule has 8 aliphatic rings. The molecule has 4 aliphatic carbocycles. The van der Waals surface area contributed by atoms with Crippen molar-refractivity contribution in [2.45, 2.75) is 133 Å². The van der Waals surface area contributed by atoms with Crippen molar-refractivity contribution in [1.82, 2.24) is 0 Å². The number of carbonyl (C=O) groups is 2. The third-order valence-corrected chi connectivity index (χ3v) is 16.1. The van der Waals surface area contributed by atoms with Crippen molar-refractivity contribution in [3.05, 3.63) is 57.7 Å². The number of phenols is 1. The van der Waals surface area contributed by atoms with E-state index in [1.54, 1.807) is 13.0 Å². The topological polar surface area (TPSA) is 192 Å². The number of ether oxygens (including phenoxy) is 4. The maximum atomic E-state index is 12.6. The number of aryl methyl sites for hydroxylation is 1. The normalized spacial score (nSPS) is 39.7. The average Bonchev–Trinajstić information content (AvgIpc) is 3.77. The van der Waals surface area contributed by atoms with Crippen LogP contribution in [0, 0.1) is 41.4 Å². The smallest absolute Gasteiger partial charge is 0.335 e. The van der Waals surface area contributed by atoms with E-state index < -0.39 is 59.9 Å². The first kappa shape index (κ1) is 38.8. The van der Waals surface area contributed by atoms with Crippen molar-refractivity contribution in [3.8, 4) is 11.5 Å². The van der Waals surface area contributed by atoms with Gasteiger partial charge in [0.05, 0.1) is 35.3 Å². The minimum absolute atomic E-state index is 0.0310. The molecular formula is C46H56O12. The fourth-order valence-electron chi connectivity index (χ4n) is 14.2. The number of benzene rings is 2. The standard InChI is InChI=1S/C46H56O12/c1-22-14-24-15-25(42(53)54)16-33(35(24)38(50)34(22)23(2)48)56-43-39(51)40(52)46-19-28-29-18-44(10-3-4-11-44)17-26-20-55-21-45(37(26)29,12-5-13-47)30-7-6-27(36(28)30)32(58-46)9-8-31(49)41(46)57-43/h7,14-16,26,28-29,31-32,37,39-41,43,47,49-52H,3-6,8-13,17-21H2,1-2H3,(H,53,54). The van der Waals surface area contributed by atoms with Crippen LogP contribution in [-0.4, -0.2) is 105 Å². The van der Waals surface area contributed by atoms with Gasteiger partial charge in [0.1, 0.15) is 35.4 Å². The lowest BCUT2D eigenvalue weighted by molar-refractivity contribution is -0.336. The number of aliphatic hydroxyl groups excluding tert-OH is 4. The molecule has 2 bridgehead atoms. The number of ketones is 1. The Hall–Kier alpha value is -3.36. The number of fused-ring (bicyclic) bond motifs is 5. The Kier molecular flexibility index (Phi) is 9.26. The Bertz CT molecular complexity index is 2120. The van der Waals surface area contributed by atoms with Gasteiger partial charge in [-0.25, -0.2) is 4.79 Å². The van der Waals surface area contributed by atoms with Gasteiger partial charge in [-0.2, -0.15) is 0 Å². The molecule has 6 N–H and O–H groups in total. The molecule has 12 nitrogen and oxygen atoms in total. The van der Waals surface area contributed by atoms with E-state index in [0.29, 0.717) is 68.1 Å². The molecule has 2 aromatic rings. The maximum Gasteiger partial charge on any atom is 0.335 e. The Balaban J connectivity index is 1.07. The number of aromatic carboxylic acids is 1. The van der Waals surface area contributed by atoms with Crippen LogP contribution < -0.4 is 4.74 Å². The third-order valence-electron chi connectivity index (χ3n) is 16.1. The number of allylic oxidation sites excluding steroid dienone is 2. The molecule has 12 heteroatoms. The number of aliphatic hydroxyl groups is 4. The van der Waals surface area contributed by atoms with Crippen molar-refractivity contribution in [2.75, 3.05) is 19.8 Å².